The number of pyridine rings is 1. The van der Waals surface area contributed by atoms with Crippen LogP contribution in [0.4, 0.5) is 14.5 Å². The molecule has 1 amide bonds. The summed E-state index contributed by atoms with van der Waals surface area (Å²) < 4.78 is 24.0. The minimum atomic E-state index is -0.395. The van der Waals surface area contributed by atoms with E-state index in [2.05, 4.69) is 22.2 Å². The van der Waals surface area contributed by atoms with Gasteiger partial charge in [-0.15, -0.1) is 0 Å². The number of amides is 1. The molecule has 1 aliphatic rings. The van der Waals surface area contributed by atoms with Crippen molar-refractivity contribution in [1.29, 1.82) is 0 Å². The van der Waals surface area contributed by atoms with Crippen molar-refractivity contribution in [1.82, 2.24) is 4.98 Å². The van der Waals surface area contributed by atoms with Crippen molar-refractivity contribution in [2.24, 2.45) is 10.7 Å². The van der Waals surface area contributed by atoms with Crippen LogP contribution in [0.2, 0.25) is 5.02 Å². The Morgan fingerprint density at radius 1 is 1.31 bits per heavy atom. The van der Waals surface area contributed by atoms with E-state index in [0.717, 1.165) is 11.5 Å². The van der Waals surface area contributed by atoms with Crippen LogP contribution in [0.15, 0.2) is 41.5 Å². The van der Waals surface area contributed by atoms with Crippen molar-refractivity contribution in [2.45, 2.75) is 38.5 Å². The Bertz CT molecular complexity index is 885. The molecule has 5 nitrogen and oxygen atoms in total. The first-order valence-electron chi connectivity index (χ1n) is 10.1. The molecule has 176 valence electrons. The lowest BCUT2D eigenvalue weighted by molar-refractivity contribution is 0.102. The number of carbonyl (C=O) groups excluding carboxylic acids is 1. The lowest BCUT2D eigenvalue weighted by atomic mass is 10.0. The first-order chi connectivity index (χ1) is 15.5. The van der Waals surface area contributed by atoms with Crippen LogP contribution in [0, 0.1) is 5.82 Å². The number of amidine groups is 1. The predicted molar refractivity (Wildman–Crippen MR) is 135 cm³/mol. The molecule has 1 aromatic carbocycles. The summed E-state index contributed by atoms with van der Waals surface area (Å²) in [6.45, 7) is 6.11. The molecule has 1 aromatic heterocycles. The summed E-state index contributed by atoms with van der Waals surface area (Å²) in [7, 11) is 0.500. The molecule has 0 fully saturated rings. The monoisotopic (exact) mass is 502 g/mol. The Morgan fingerprint density at radius 3 is 2.66 bits per heavy atom. The van der Waals surface area contributed by atoms with E-state index in [1.165, 1.54) is 36.2 Å². The minimum Gasteiger partial charge on any atom is -0.379 e. The summed E-state index contributed by atoms with van der Waals surface area (Å²) in [5.41, 5.74) is 7.10. The van der Waals surface area contributed by atoms with Crippen molar-refractivity contribution in [3.8, 4) is 0 Å². The molecule has 0 saturated heterocycles. The molecule has 0 bridgehead atoms. The largest absolute Gasteiger partial charge is 0.379 e. The summed E-state index contributed by atoms with van der Waals surface area (Å²) in [6, 6.07) is 7.22. The zero-order valence-electron chi connectivity index (χ0n) is 18.6. The van der Waals surface area contributed by atoms with E-state index in [9.17, 15) is 13.6 Å². The average molecular weight is 503 g/mol. The first-order valence-corrected chi connectivity index (χ1v) is 12.5. The van der Waals surface area contributed by atoms with E-state index < -0.39 is 5.91 Å². The van der Waals surface area contributed by atoms with Crippen LogP contribution >= 0.6 is 35.1 Å². The molecule has 0 radical (unpaired) electrons. The number of aliphatic imine (C=N–C) groups is 1. The van der Waals surface area contributed by atoms with E-state index >= 15 is 0 Å². The Labute approximate surface area is 202 Å². The highest BCUT2D eigenvalue weighted by Gasteiger charge is 2.26. The number of rotatable bonds is 6. The number of halogens is 3. The van der Waals surface area contributed by atoms with Gasteiger partial charge in [-0.25, -0.2) is 9.37 Å². The molecule has 3 N–H and O–H groups in total. The van der Waals surface area contributed by atoms with Crippen LogP contribution in [-0.2, 0) is 0 Å². The van der Waals surface area contributed by atoms with Crippen LogP contribution in [0.25, 0.3) is 0 Å². The fourth-order valence-electron chi connectivity index (χ4n) is 2.83. The molecule has 3 rings (SSSR count). The van der Waals surface area contributed by atoms with Crippen LogP contribution in [0.3, 0.4) is 0 Å². The summed E-state index contributed by atoms with van der Waals surface area (Å²) >= 11 is 9.16. The van der Waals surface area contributed by atoms with E-state index in [1.807, 2.05) is 25.6 Å². The molecular weight excluding hydrogens is 474 g/mol. The SMILES string of the molecule is CC.CCSCC1CC(c2cc(NC(=O)c3ccc(Cl)cn3)ccc2F)N=C(N)S1.CF. The van der Waals surface area contributed by atoms with Gasteiger partial charge in [0.2, 0.25) is 0 Å². The van der Waals surface area contributed by atoms with Gasteiger partial charge in [-0.1, -0.05) is 44.1 Å². The molecule has 2 heterocycles. The lowest BCUT2D eigenvalue weighted by Crippen LogP contribution is -2.24. The molecule has 32 heavy (non-hydrogen) atoms. The molecule has 10 heteroatoms. The number of benzene rings is 1. The lowest BCUT2D eigenvalue weighted by Gasteiger charge is -2.26. The normalized spacial score (nSPS) is 17.2. The van der Waals surface area contributed by atoms with Crippen molar-refractivity contribution >= 4 is 51.9 Å². The van der Waals surface area contributed by atoms with Gasteiger partial charge in [0.15, 0.2) is 5.17 Å². The second kappa shape index (κ2) is 15.1. The molecule has 0 saturated carbocycles. The third-order valence-electron chi connectivity index (χ3n) is 4.14. The second-order valence-electron chi connectivity index (χ2n) is 6.17. The van der Waals surface area contributed by atoms with Crippen molar-refractivity contribution < 1.29 is 13.6 Å². The zero-order valence-corrected chi connectivity index (χ0v) is 21.0. The highest BCUT2D eigenvalue weighted by Crippen LogP contribution is 2.36. The van der Waals surface area contributed by atoms with Gasteiger partial charge in [-0.05, 0) is 42.5 Å². The quantitative estimate of drug-likeness (QED) is 0.480. The fraction of sp³-hybridized carbons (Fsp3) is 0.409. The molecular formula is C22H29ClF2N4OS2. The van der Waals surface area contributed by atoms with Crippen LogP contribution in [-0.4, -0.2) is 40.0 Å². The number of hydrogen-bond donors (Lipinski definition) is 2. The number of carbonyl (C=O) groups is 1. The Morgan fingerprint density at radius 2 is 2.03 bits per heavy atom. The van der Waals surface area contributed by atoms with E-state index in [4.69, 9.17) is 17.3 Å². The van der Waals surface area contributed by atoms with Gasteiger partial charge in [-0.2, -0.15) is 11.8 Å². The number of hydrogen-bond acceptors (Lipinski definition) is 6. The summed E-state index contributed by atoms with van der Waals surface area (Å²) in [5, 5.41) is 3.94. The summed E-state index contributed by atoms with van der Waals surface area (Å²) in [6.07, 6.45) is 2.10. The molecule has 2 atom stereocenters. The van der Waals surface area contributed by atoms with E-state index in [-0.39, 0.29) is 22.8 Å². The van der Waals surface area contributed by atoms with Crippen LogP contribution in [0.1, 0.15) is 49.3 Å². The molecule has 2 aromatic rings. The molecule has 1 aliphatic heterocycles. The van der Waals surface area contributed by atoms with Crippen LogP contribution < -0.4 is 11.1 Å². The molecule has 2 unspecified atom stereocenters. The Balaban J connectivity index is 0.00000121. The van der Waals surface area contributed by atoms with Gasteiger partial charge >= 0.3 is 0 Å². The van der Waals surface area contributed by atoms with Gasteiger partial charge in [0.05, 0.1) is 18.2 Å². The van der Waals surface area contributed by atoms with Crippen LogP contribution in [0.5, 0.6) is 0 Å². The number of aromatic nitrogens is 1. The zero-order chi connectivity index (χ0) is 24.1. The maximum Gasteiger partial charge on any atom is 0.274 e. The van der Waals surface area contributed by atoms with Gasteiger partial charge in [-0.3, -0.25) is 14.2 Å². The van der Waals surface area contributed by atoms with Crippen molar-refractivity contribution in [3.63, 3.8) is 0 Å². The topological polar surface area (TPSA) is 80.4 Å². The number of alkyl halides is 1. The summed E-state index contributed by atoms with van der Waals surface area (Å²) in [4.78, 5) is 20.8. The van der Waals surface area contributed by atoms with Crippen molar-refractivity contribution in [3.05, 3.63) is 58.6 Å². The number of nitrogens with one attached hydrogen (secondary N) is 1. The van der Waals surface area contributed by atoms with Crippen molar-refractivity contribution in [2.75, 3.05) is 24.0 Å². The first kappa shape index (κ1) is 28.2. The number of anilines is 1. The molecule has 0 aliphatic carbocycles. The number of nitrogens with two attached hydrogens (primary N) is 1. The number of thioether (sulfide) groups is 2. The second-order valence-corrected chi connectivity index (χ2v) is 9.25. The van der Waals surface area contributed by atoms with E-state index in [0.29, 0.717) is 35.0 Å². The highest BCUT2D eigenvalue weighted by molar-refractivity contribution is 8.15. The standard InChI is InChI=1S/C19H20ClFN4OS2.C2H6.CH3F/c1-2-27-10-13-8-17(25-19(22)28-13)14-7-12(4-5-15(14)21)24-18(26)16-6-3-11(20)9-23-16;2*1-2/h3-7,9,13,17H,2,8,10H2,1H3,(H2,22,25)(H,24,26);1-2H3;1H3. The fourth-order valence-corrected chi connectivity index (χ4v) is 4.95. The number of nitrogens with zero attached hydrogens (tertiary/aromatic N) is 2. The van der Waals surface area contributed by atoms with Gasteiger partial charge < -0.3 is 11.1 Å². The highest BCUT2D eigenvalue weighted by atomic mass is 35.5. The third kappa shape index (κ3) is 8.60. The van der Waals surface area contributed by atoms with Gasteiger partial charge in [0.1, 0.15) is 11.5 Å². The Kier molecular flexibility index (Phi) is 13.3. The van der Waals surface area contributed by atoms with Gasteiger partial charge in [0, 0.05) is 28.5 Å². The maximum absolute atomic E-state index is 14.5. The van der Waals surface area contributed by atoms with Gasteiger partial charge in [0.25, 0.3) is 5.91 Å². The Hall–Kier alpha value is -1.84. The third-order valence-corrected chi connectivity index (χ3v) is 6.66. The summed E-state index contributed by atoms with van der Waals surface area (Å²) in [5.74, 6) is 1.20. The molecule has 0 spiro atoms. The minimum absolute atomic E-state index is 0.225. The average Bonchev–Trinajstić information content (AvgIpc) is 2.81. The smallest absolute Gasteiger partial charge is 0.274 e. The maximum atomic E-state index is 14.5. The predicted octanol–water partition coefficient (Wildman–Crippen LogP) is 6.35. The van der Waals surface area contributed by atoms with E-state index in [1.54, 1.807) is 12.1 Å².